The van der Waals surface area contributed by atoms with E-state index in [0.717, 1.165) is 15.7 Å². The lowest BCUT2D eigenvalue weighted by molar-refractivity contribution is -0.126. The maximum absolute atomic E-state index is 13.4. The van der Waals surface area contributed by atoms with Crippen molar-refractivity contribution < 1.29 is 14.4 Å². The maximum Gasteiger partial charge on any atom is 0.266 e. The van der Waals surface area contributed by atoms with Crippen molar-refractivity contribution in [1.29, 1.82) is 0 Å². The summed E-state index contributed by atoms with van der Waals surface area (Å²) in [5.41, 5.74) is 2.30. The van der Waals surface area contributed by atoms with Crippen molar-refractivity contribution in [3.05, 3.63) is 95.0 Å². The number of imide groups is 1. The second-order valence-electron chi connectivity index (χ2n) is 7.06. The minimum absolute atomic E-state index is 0.241. The third-order valence-corrected chi connectivity index (χ3v) is 5.88. The third kappa shape index (κ3) is 2.96. The Bertz CT molecular complexity index is 1060. The molecule has 0 unspecified atom stereocenters. The number of benzene rings is 3. The van der Waals surface area contributed by atoms with E-state index < -0.39 is 12.0 Å². The fourth-order valence-electron chi connectivity index (χ4n) is 4.05. The molecule has 29 heavy (non-hydrogen) atoms. The predicted molar refractivity (Wildman–Crippen MR) is 113 cm³/mol. The zero-order chi connectivity index (χ0) is 20.0. The zero-order valence-corrected chi connectivity index (χ0v) is 16.9. The van der Waals surface area contributed by atoms with Gasteiger partial charge in [-0.1, -0.05) is 64.5 Å². The highest BCUT2D eigenvalue weighted by Gasteiger charge is 2.60. The van der Waals surface area contributed by atoms with Crippen LogP contribution in [0.3, 0.4) is 0 Å². The summed E-state index contributed by atoms with van der Waals surface area (Å²) in [7, 11) is 0. The SMILES string of the molecule is O=C1[C@@H]2[C@H](ON(c3ccccc3)[C@@H]2c2ccccc2)C(=O)N1c1ccc(Br)cc1. The molecule has 3 atom stereocenters. The third-order valence-electron chi connectivity index (χ3n) is 5.35. The molecule has 0 radical (unpaired) electrons. The zero-order valence-electron chi connectivity index (χ0n) is 15.3. The quantitative estimate of drug-likeness (QED) is 0.553. The number of para-hydroxylation sites is 1. The minimum atomic E-state index is -0.850. The summed E-state index contributed by atoms with van der Waals surface area (Å²) in [6.07, 6.45) is -0.850. The standard InChI is InChI=1S/C23H17BrN2O3/c24-16-11-13-17(14-12-16)25-22(27)19-20(15-7-3-1-4-8-15)26(29-21(19)23(25)28)18-9-5-2-6-10-18/h1-14,19-21H/t19-,20+,21-/m0/s1. The molecule has 5 rings (SSSR count). The van der Waals surface area contributed by atoms with E-state index in [4.69, 9.17) is 4.84 Å². The molecule has 2 heterocycles. The second-order valence-corrected chi connectivity index (χ2v) is 7.97. The first kappa shape index (κ1) is 18.1. The molecule has 3 aromatic rings. The number of hydrogen-bond donors (Lipinski definition) is 0. The summed E-state index contributed by atoms with van der Waals surface area (Å²) in [6, 6.07) is 26.0. The largest absolute Gasteiger partial charge is 0.273 e. The second kappa shape index (κ2) is 7.13. The van der Waals surface area contributed by atoms with Crippen LogP contribution in [0.1, 0.15) is 11.6 Å². The van der Waals surface area contributed by atoms with E-state index in [1.165, 1.54) is 4.90 Å². The van der Waals surface area contributed by atoms with Crippen LogP contribution in [-0.2, 0) is 14.4 Å². The molecule has 0 bridgehead atoms. The van der Waals surface area contributed by atoms with Crippen LogP contribution in [0.25, 0.3) is 0 Å². The van der Waals surface area contributed by atoms with E-state index in [2.05, 4.69) is 15.9 Å². The lowest BCUT2D eigenvalue weighted by Crippen LogP contribution is -2.37. The fourth-order valence-corrected chi connectivity index (χ4v) is 4.31. The number of rotatable bonds is 3. The Kier molecular flexibility index (Phi) is 4.45. The van der Waals surface area contributed by atoms with E-state index in [9.17, 15) is 9.59 Å². The van der Waals surface area contributed by atoms with Crippen LogP contribution in [0.4, 0.5) is 11.4 Å². The Morgan fingerprint density at radius 3 is 2.00 bits per heavy atom. The Morgan fingerprint density at radius 2 is 1.34 bits per heavy atom. The van der Waals surface area contributed by atoms with E-state index in [1.807, 2.05) is 72.8 Å². The van der Waals surface area contributed by atoms with Crippen LogP contribution in [-0.4, -0.2) is 17.9 Å². The molecule has 2 aliphatic rings. The molecular weight excluding hydrogens is 432 g/mol. The average Bonchev–Trinajstić information content (AvgIpc) is 3.27. The highest BCUT2D eigenvalue weighted by atomic mass is 79.9. The monoisotopic (exact) mass is 448 g/mol. The summed E-state index contributed by atoms with van der Waals surface area (Å²) in [5.74, 6) is -1.19. The molecule has 144 valence electrons. The van der Waals surface area contributed by atoms with Crippen LogP contribution < -0.4 is 9.96 Å². The summed E-state index contributed by atoms with van der Waals surface area (Å²) in [4.78, 5) is 34.0. The predicted octanol–water partition coefficient (Wildman–Crippen LogP) is 4.50. The number of anilines is 2. The van der Waals surface area contributed by atoms with Gasteiger partial charge in [-0.3, -0.25) is 14.4 Å². The van der Waals surface area contributed by atoms with E-state index in [0.29, 0.717) is 5.69 Å². The van der Waals surface area contributed by atoms with Crippen molar-refractivity contribution in [2.24, 2.45) is 5.92 Å². The van der Waals surface area contributed by atoms with E-state index >= 15 is 0 Å². The van der Waals surface area contributed by atoms with Crippen LogP contribution >= 0.6 is 15.9 Å². The smallest absolute Gasteiger partial charge is 0.266 e. The van der Waals surface area contributed by atoms with Gasteiger partial charge in [0.15, 0.2) is 6.10 Å². The van der Waals surface area contributed by atoms with Crippen molar-refractivity contribution >= 4 is 39.1 Å². The molecular formula is C23H17BrN2O3. The number of carbonyl (C=O) groups excluding carboxylic acids is 2. The normalized spacial score (nSPS) is 23.6. The molecule has 3 aromatic carbocycles. The van der Waals surface area contributed by atoms with Crippen molar-refractivity contribution in [3.63, 3.8) is 0 Å². The van der Waals surface area contributed by atoms with E-state index in [1.54, 1.807) is 17.2 Å². The molecule has 0 spiro atoms. The number of hydroxylamine groups is 1. The van der Waals surface area contributed by atoms with E-state index in [-0.39, 0.29) is 17.9 Å². The molecule has 0 aromatic heterocycles. The maximum atomic E-state index is 13.4. The summed E-state index contributed by atoms with van der Waals surface area (Å²) >= 11 is 3.39. The number of amides is 2. The topological polar surface area (TPSA) is 49.9 Å². The molecule has 2 aliphatic heterocycles. The van der Waals surface area contributed by atoms with Gasteiger partial charge in [0.05, 0.1) is 17.4 Å². The first-order valence-corrected chi connectivity index (χ1v) is 10.1. The lowest BCUT2D eigenvalue weighted by Gasteiger charge is -2.28. The van der Waals surface area contributed by atoms with Crippen LogP contribution in [0.2, 0.25) is 0 Å². The van der Waals surface area contributed by atoms with Gasteiger partial charge in [0, 0.05) is 4.47 Å². The van der Waals surface area contributed by atoms with Gasteiger partial charge in [-0.05, 0) is 42.0 Å². The Labute approximate surface area is 176 Å². The molecule has 6 heteroatoms. The highest BCUT2D eigenvalue weighted by molar-refractivity contribution is 9.10. The molecule has 5 nitrogen and oxygen atoms in total. The van der Waals surface area contributed by atoms with Gasteiger partial charge in [-0.2, -0.15) is 0 Å². The lowest BCUT2D eigenvalue weighted by atomic mass is 9.90. The molecule has 2 amide bonds. The van der Waals surface area contributed by atoms with Gasteiger partial charge in [0.25, 0.3) is 5.91 Å². The van der Waals surface area contributed by atoms with Crippen LogP contribution in [0.15, 0.2) is 89.4 Å². The Balaban J connectivity index is 1.58. The van der Waals surface area contributed by atoms with Gasteiger partial charge in [-0.25, -0.2) is 9.96 Å². The van der Waals surface area contributed by atoms with Crippen molar-refractivity contribution in [3.8, 4) is 0 Å². The number of nitrogens with zero attached hydrogens (tertiary/aromatic N) is 2. The highest BCUT2D eigenvalue weighted by Crippen LogP contribution is 2.47. The van der Waals surface area contributed by atoms with Gasteiger partial charge >= 0.3 is 0 Å². The van der Waals surface area contributed by atoms with Crippen molar-refractivity contribution in [1.82, 2.24) is 0 Å². The summed E-state index contributed by atoms with van der Waals surface area (Å²) < 4.78 is 0.884. The molecule has 0 aliphatic carbocycles. The molecule has 0 saturated carbocycles. The number of fused-ring (bicyclic) bond motifs is 1. The van der Waals surface area contributed by atoms with Crippen molar-refractivity contribution in [2.75, 3.05) is 9.96 Å². The Morgan fingerprint density at radius 1 is 0.724 bits per heavy atom. The van der Waals surface area contributed by atoms with Gasteiger partial charge in [0.1, 0.15) is 5.92 Å². The minimum Gasteiger partial charge on any atom is -0.273 e. The Hall–Kier alpha value is -2.96. The molecule has 0 N–H and O–H groups in total. The summed E-state index contributed by atoms with van der Waals surface area (Å²) in [5, 5.41) is 1.71. The van der Waals surface area contributed by atoms with Gasteiger partial charge in [0.2, 0.25) is 5.91 Å². The first-order chi connectivity index (χ1) is 14.1. The first-order valence-electron chi connectivity index (χ1n) is 9.34. The molecule has 2 fully saturated rings. The number of carbonyl (C=O) groups is 2. The number of hydrogen-bond acceptors (Lipinski definition) is 4. The van der Waals surface area contributed by atoms with Gasteiger partial charge < -0.3 is 0 Å². The van der Waals surface area contributed by atoms with Crippen LogP contribution in [0, 0.1) is 5.92 Å². The van der Waals surface area contributed by atoms with Gasteiger partial charge in [-0.15, -0.1) is 0 Å². The summed E-state index contributed by atoms with van der Waals surface area (Å²) in [6.45, 7) is 0. The van der Waals surface area contributed by atoms with Crippen LogP contribution in [0.5, 0.6) is 0 Å². The molecule has 2 saturated heterocycles. The van der Waals surface area contributed by atoms with Crippen molar-refractivity contribution in [2.45, 2.75) is 12.1 Å². The average molecular weight is 449 g/mol. The number of halogens is 1. The fraction of sp³-hybridized carbons (Fsp3) is 0.130.